The molecule has 0 spiro atoms. The molecule has 1 aromatic rings. The second-order valence-electron chi connectivity index (χ2n) is 2.46. The van der Waals surface area contributed by atoms with Crippen molar-refractivity contribution in [1.29, 1.82) is 0 Å². The third-order valence-corrected chi connectivity index (χ3v) is 2.54. The minimum absolute atomic E-state index is 1.23. The van der Waals surface area contributed by atoms with Crippen LogP contribution in [0.15, 0.2) is 48.1 Å². The molecule has 0 saturated carbocycles. The van der Waals surface area contributed by atoms with Gasteiger partial charge in [0.15, 0.2) is 0 Å². The average Bonchev–Trinajstić information content (AvgIpc) is 2.48. The van der Waals surface area contributed by atoms with Gasteiger partial charge < -0.3 is 5.32 Å². The van der Waals surface area contributed by atoms with Gasteiger partial charge in [-0.05, 0) is 17.5 Å². The van der Waals surface area contributed by atoms with E-state index in [1.807, 2.05) is 24.6 Å². The summed E-state index contributed by atoms with van der Waals surface area (Å²) < 4.78 is 0. The Morgan fingerprint density at radius 3 is 3.08 bits per heavy atom. The van der Waals surface area contributed by atoms with Crippen molar-refractivity contribution in [1.82, 2.24) is 5.32 Å². The van der Waals surface area contributed by atoms with Crippen LogP contribution in [0.1, 0.15) is 4.88 Å². The topological polar surface area (TPSA) is 12.0 Å². The lowest BCUT2D eigenvalue weighted by Crippen LogP contribution is -1.91. The van der Waals surface area contributed by atoms with E-state index in [0.717, 1.165) is 0 Å². The molecule has 1 aliphatic heterocycles. The summed E-state index contributed by atoms with van der Waals surface area (Å²) in [7, 11) is 0. The first-order chi connectivity index (χ1) is 5.97. The quantitative estimate of drug-likeness (QED) is 0.692. The Balaban J connectivity index is 2.30. The highest BCUT2D eigenvalue weighted by Gasteiger charge is 1.97. The Hall–Kier alpha value is -1.28. The maximum Gasteiger partial charge on any atom is 0.0357 e. The molecule has 0 fully saturated rings. The van der Waals surface area contributed by atoms with E-state index in [2.05, 4.69) is 28.9 Å². The van der Waals surface area contributed by atoms with Gasteiger partial charge in [0.1, 0.15) is 0 Å². The van der Waals surface area contributed by atoms with E-state index in [1.54, 1.807) is 11.3 Å². The summed E-state index contributed by atoms with van der Waals surface area (Å²) >= 11 is 1.75. The Bertz CT molecular complexity index is 331. The second kappa shape index (κ2) is 3.41. The summed E-state index contributed by atoms with van der Waals surface area (Å²) in [5.74, 6) is 0. The maximum absolute atomic E-state index is 3.09. The van der Waals surface area contributed by atoms with Crippen molar-refractivity contribution in [2.24, 2.45) is 0 Å². The zero-order chi connectivity index (χ0) is 8.23. The molecule has 1 nitrogen and oxygen atoms in total. The van der Waals surface area contributed by atoms with E-state index in [9.17, 15) is 0 Å². The van der Waals surface area contributed by atoms with Crippen molar-refractivity contribution >= 4 is 16.9 Å². The first-order valence-corrected chi connectivity index (χ1v) is 4.68. The van der Waals surface area contributed by atoms with Crippen LogP contribution in [0.3, 0.4) is 0 Å². The van der Waals surface area contributed by atoms with Crippen molar-refractivity contribution in [3.05, 3.63) is 53.0 Å². The largest absolute Gasteiger partial charge is 0.367 e. The molecule has 0 bridgehead atoms. The van der Waals surface area contributed by atoms with Crippen LogP contribution in [0.4, 0.5) is 0 Å². The highest BCUT2D eigenvalue weighted by molar-refractivity contribution is 7.11. The molecule has 1 N–H and O–H groups in total. The molecule has 0 aliphatic carbocycles. The van der Waals surface area contributed by atoms with Crippen molar-refractivity contribution in [3.8, 4) is 0 Å². The molecule has 0 unspecified atom stereocenters. The van der Waals surface area contributed by atoms with Gasteiger partial charge in [-0.25, -0.2) is 0 Å². The van der Waals surface area contributed by atoms with Crippen molar-refractivity contribution in [3.63, 3.8) is 0 Å². The molecule has 2 heteroatoms. The standard InChI is InChI=1S/C10H9NS/c1-2-6-11-8-9(4-1)10-5-3-7-12-10/h1-8,11H. The molecule has 60 valence electrons. The van der Waals surface area contributed by atoms with Gasteiger partial charge in [0.05, 0.1) is 0 Å². The Morgan fingerprint density at radius 1 is 1.25 bits per heavy atom. The highest BCUT2D eigenvalue weighted by atomic mass is 32.1. The van der Waals surface area contributed by atoms with Crippen molar-refractivity contribution < 1.29 is 0 Å². The first-order valence-electron chi connectivity index (χ1n) is 3.80. The number of hydrogen-bond acceptors (Lipinski definition) is 2. The molecular formula is C10H9NS. The third kappa shape index (κ3) is 1.48. The maximum atomic E-state index is 3.09. The van der Waals surface area contributed by atoms with Crippen molar-refractivity contribution in [2.45, 2.75) is 0 Å². The molecule has 2 heterocycles. The van der Waals surface area contributed by atoms with Crippen LogP contribution in [0.25, 0.3) is 5.57 Å². The Morgan fingerprint density at radius 2 is 2.25 bits per heavy atom. The molecule has 2 rings (SSSR count). The minimum atomic E-state index is 1.23. The number of thiophene rings is 1. The molecule has 1 aromatic heterocycles. The van der Waals surface area contributed by atoms with E-state index in [0.29, 0.717) is 0 Å². The number of nitrogens with one attached hydrogen (secondary N) is 1. The fourth-order valence-electron chi connectivity index (χ4n) is 1.05. The van der Waals surface area contributed by atoms with Gasteiger partial charge in [0, 0.05) is 22.9 Å². The lowest BCUT2D eigenvalue weighted by Gasteiger charge is -1.95. The smallest absolute Gasteiger partial charge is 0.0357 e. The number of hydrogen-bond donors (Lipinski definition) is 1. The van der Waals surface area contributed by atoms with Gasteiger partial charge in [-0.3, -0.25) is 0 Å². The predicted octanol–water partition coefficient (Wildman–Crippen LogP) is 2.76. The summed E-state index contributed by atoms with van der Waals surface area (Å²) in [6.07, 6.45) is 10.0. The Kier molecular flexibility index (Phi) is 2.10. The van der Waals surface area contributed by atoms with Gasteiger partial charge in [-0.15, -0.1) is 11.3 Å². The first kappa shape index (κ1) is 7.37. The molecule has 12 heavy (non-hydrogen) atoms. The monoisotopic (exact) mass is 175 g/mol. The van der Waals surface area contributed by atoms with Gasteiger partial charge in [-0.2, -0.15) is 0 Å². The molecule has 1 aliphatic rings. The zero-order valence-corrected chi connectivity index (χ0v) is 7.34. The van der Waals surface area contributed by atoms with Crippen LogP contribution >= 0.6 is 11.3 Å². The van der Waals surface area contributed by atoms with E-state index in [-0.39, 0.29) is 0 Å². The molecular weight excluding hydrogens is 166 g/mol. The summed E-state index contributed by atoms with van der Waals surface area (Å²) in [5, 5.41) is 5.17. The summed E-state index contributed by atoms with van der Waals surface area (Å²) in [5.41, 5.74) is 1.23. The van der Waals surface area contributed by atoms with Crippen molar-refractivity contribution in [2.75, 3.05) is 0 Å². The minimum Gasteiger partial charge on any atom is -0.367 e. The fraction of sp³-hybridized carbons (Fsp3) is 0. The molecule has 0 saturated heterocycles. The second-order valence-corrected chi connectivity index (χ2v) is 3.41. The van der Waals surface area contributed by atoms with Gasteiger partial charge in [-0.1, -0.05) is 18.2 Å². The van der Waals surface area contributed by atoms with Crippen LogP contribution in [0, 0.1) is 0 Å². The summed E-state index contributed by atoms with van der Waals surface area (Å²) in [6, 6.07) is 4.18. The highest BCUT2D eigenvalue weighted by Crippen LogP contribution is 2.21. The fourth-order valence-corrected chi connectivity index (χ4v) is 1.78. The third-order valence-electron chi connectivity index (χ3n) is 1.62. The average molecular weight is 175 g/mol. The van der Waals surface area contributed by atoms with Gasteiger partial charge in [0.2, 0.25) is 0 Å². The van der Waals surface area contributed by atoms with Gasteiger partial charge in [0.25, 0.3) is 0 Å². The molecule has 0 amide bonds. The zero-order valence-electron chi connectivity index (χ0n) is 6.53. The van der Waals surface area contributed by atoms with E-state index in [4.69, 9.17) is 0 Å². The SMILES string of the molecule is C1=CNC=C(c2cccs2)C=C1. The van der Waals surface area contributed by atoms with Crippen LogP contribution in [0.2, 0.25) is 0 Å². The summed E-state index contributed by atoms with van der Waals surface area (Å²) in [4.78, 5) is 1.29. The molecule has 0 atom stereocenters. The lowest BCUT2D eigenvalue weighted by molar-refractivity contribution is 1.21. The Labute approximate surface area is 75.7 Å². The van der Waals surface area contributed by atoms with E-state index >= 15 is 0 Å². The lowest BCUT2D eigenvalue weighted by atomic mass is 10.2. The molecule has 0 aromatic carbocycles. The van der Waals surface area contributed by atoms with Crippen LogP contribution < -0.4 is 5.32 Å². The van der Waals surface area contributed by atoms with Crippen LogP contribution in [0.5, 0.6) is 0 Å². The normalized spacial score (nSPS) is 15.2. The van der Waals surface area contributed by atoms with E-state index in [1.165, 1.54) is 10.5 Å². The molecule has 0 radical (unpaired) electrons. The summed E-state index contributed by atoms with van der Waals surface area (Å²) in [6.45, 7) is 0. The van der Waals surface area contributed by atoms with Crippen LogP contribution in [-0.2, 0) is 0 Å². The predicted molar refractivity (Wildman–Crippen MR) is 53.7 cm³/mol. The number of allylic oxidation sites excluding steroid dienone is 4. The number of rotatable bonds is 1. The van der Waals surface area contributed by atoms with E-state index < -0.39 is 0 Å². The van der Waals surface area contributed by atoms with Crippen LogP contribution in [-0.4, -0.2) is 0 Å². The van der Waals surface area contributed by atoms with Gasteiger partial charge >= 0.3 is 0 Å².